The van der Waals surface area contributed by atoms with Crippen LogP contribution in [-0.4, -0.2) is 35.5 Å². The first-order valence-corrected chi connectivity index (χ1v) is 11.9. The summed E-state index contributed by atoms with van der Waals surface area (Å²) in [5, 5.41) is 6.84. The van der Waals surface area contributed by atoms with E-state index in [0.717, 1.165) is 55.7 Å². The summed E-state index contributed by atoms with van der Waals surface area (Å²) in [4.78, 5) is 23.8. The zero-order valence-corrected chi connectivity index (χ0v) is 19.5. The minimum atomic E-state index is -0.0236. The van der Waals surface area contributed by atoms with Crippen LogP contribution in [0.5, 0.6) is 0 Å². The number of rotatable bonds is 5. The molecule has 1 fully saturated rings. The number of halogens is 1. The summed E-state index contributed by atoms with van der Waals surface area (Å²) < 4.78 is 0. The van der Waals surface area contributed by atoms with E-state index in [1.165, 1.54) is 16.8 Å². The molecule has 0 saturated carbocycles. The van der Waals surface area contributed by atoms with E-state index in [2.05, 4.69) is 55.8 Å². The molecule has 4 heterocycles. The van der Waals surface area contributed by atoms with Crippen LogP contribution in [0.4, 0.5) is 11.5 Å². The summed E-state index contributed by atoms with van der Waals surface area (Å²) in [5.74, 6) is 0.521. The van der Waals surface area contributed by atoms with Gasteiger partial charge < -0.3 is 15.5 Å². The van der Waals surface area contributed by atoms with Crippen LogP contribution in [0, 0.1) is 12.8 Å². The molecule has 3 aromatic rings. The molecular formula is C26H28ClN5O. The number of pyridine rings is 2. The maximum Gasteiger partial charge on any atom is 0.229 e. The summed E-state index contributed by atoms with van der Waals surface area (Å²) >= 11 is 6.54. The van der Waals surface area contributed by atoms with Crippen LogP contribution in [0.15, 0.2) is 48.8 Å². The number of aryl methyl sites for hydroxylation is 1. The Morgan fingerprint density at radius 2 is 2.12 bits per heavy atom. The highest BCUT2D eigenvalue weighted by Crippen LogP contribution is 2.36. The highest BCUT2D eigenvalue weighted by atomic mass is 35.5. The molecule has 5 rings (SSSR count). The van der Waals surface area contributed by atoms with Crippen LogP contribution in [0.1, 0.15) is 29.7 Å². The number of anilines is 2. The smallest absolute Gasteiger partial charge is 0.229 e. The van der Waals surface area contributed by atoms with Crippen molar-refractivity contribution >= 4 is 29.0 Å². The second-order valence-corrected chi connectivity index (χ2v) is 9.31. The van der Waals surface area contributed by atoms with E-state index < -0.39 is 0 Å². The molecule has 0 radical (unpaired) electrons. The van der Waals surface area contributed by atoms with Crippen molar-refractivity contribution in [3.63, 3.8) is 0 Å². The summed E-state index contributed by atoms with van der Waals surface area (Å²) in [7, 11) is 0. The SMILES string of the molecule is Cc1ccc(CN2CCc3ccc(-c4cc(NC(=O)C5CCCNC5)ncc4Cl)cc32)cn1. The van der Waals surface area contributed by atoms with Crippen molar-refractivity contribution in [3.05, 3.63) is 70.6 Å². The lowest BCUT2D eigenvalue weighted by Gasteiger charge is -2.22. The zero-order valence-electron chi connectivity index (χ0n) is 18.8. The lowest BCUT2D eigenvalue weighted by molar-refractivity contribution is -0.120. The molecule has 0 spiro atoms. The maximum atomic E-state index is 12.7. The van der Waals surface area contributed by atoms with E-state index in [4.69, 9.17) is 11.6 Å². The van der Waals surface area contributed by atoms with Crippen molar-refractivity contribution in [2.45, 2.75) is 32.7 Å². The average Bonchev–Trinajstić information content (AvgIpc) is 3.24. The second kappa shape index (κ2) is 9.49. The highest BCUT2D eigenvalue weighted by molar-refractivity contribution is 6.33. The maximum absolute atomic E-state index is 12.7. The van der Waals surface area contributed by atoms with Crippen LogP contribution in [0.2, 0.25) is 5.02 Å². The zero-order chi connectivity index (χ0) is 22.8. The molecule has 1 aromatic carbocycles. The number of nitrogens with one attached hydrogen (secondary N) is 2. The Balaban J connectivity index is 1.37. The van der Waals surface area contributed by atoms with Gasteiger partial charge in [-0.1, -0.05) is 29.8 Å². The topological polar surface area (TPSA) is 70.2 Å². The quantitative estimate of drug-likeness (QED) is 0.580. The Kier molecular flexibility index (Phi) is 6.29. The molecule has 6 nitrogen and oxygen atoms in total. The highest BCUT2D eigenvalue weighted by Gasteiger charge is 2.23. The first kappa shape index (κ1) is 21.9. The number of carbonyl (C=O) groups is 1. The van der Waals surface area contributed by atoms with Crippen LogP contribution >= 0.6 is 11.6 Å². The van der Waals surface area contributed by atoms with Crippen LogP contribution in [0.25, 0.3) is 11.1 Å². The van der Waals surface area contributed by atoms with Gasteiger partial charge in [-0.3, -0.25) is 9.78 Å². The first-order valence-electron chi connectivity index (χ1n) is 11.5. The molecule has 0 bridgehead atoms. The Bertz CT molecular complexity index is 1160. The minimum Gasteiger partial charge on any atom is -0.367 e. The predicted molar refractivity (Wildman–Crippen MR) is 133 cm³/mol. The van der Waals surface area contributed by atoms with E-state index in [0.29, 0.717) is 17.4 Å². The molecule has 1 saturated heterocycles. The van der Waals surface area contributed by atoms with Gasteiger partial charge in [0.1, 0.15) is 5.82 Å². The van der Waals surface area contributed by atoms with Crippen molar-refractivity contribution in [1.29, 1.82) is 0 Å². The predicted octanol–water partition coefficient (Wildman–Crippen LogP) is 4.61. The molecule has 1 unspecified atom stereocenters. The van der Waals surface area contributed by atoms with Crippen LogP contribution in [0.3, 0.4) is 0 Å². The van der Waals surface area contributed by atoms with Gasteiger partial charge in [0.05, 0.1) is 10.9 Å². The van der Waals surface area contributed by atoms with Crippen molar-refractivity contribution in [1.82, 2.24) is 15.3 Å². The molecule has 1 amide bonds. The average molecular weight is 462 g/mol. The number of benzene rings is 1. The van der Waals surface area contributed by atoms with E-state index in [1.54, 1.807) is 6.20 Å². The molecule has 170 valence electrons. The third-order valence-corrected chi connectivity index (χ3v) is 6.81. The van der Waals surface area contributed by atoms with Gasteiger partial charge in [-0.15, -0.1) is 0 Å². The summed E-state index contributed by atoms with van der Waals surface area (Å²) in [5.41, 5.74) is 6.67. The fraction of sp³-hybridized carbons (Fsp3) is 0.346. The lowest BCUT2D eigenvalue weighted by Crippen LogP contribution is -2.37. The molecule has 2 aliphatic heterocycles. The fourth-order valence-corrected chi connectivity index (χ4v) is 4.83. The number of hydrogen-bond donors (Lipinski definition) is 2. The number of piperidine rings is 1. The standard InChI is InChI=1S/C26H28ClN5O/c1-17-4-5-18(13-29-17)16-32-10-8-19-6-7-20(11-24(19)32)22-12-25(30-15-23(22)27)31-26(33)21-3-2-9-28-14-21/h4-7,11-13,15,21,28H,2-3,8-10,14,16H2,1H3,(H,30,31,33). The van der Waals surface area contributed by atoms with Gasteiger partial charge in [0.25, 0.3) is 0 Å². The van der Waals surface area contributed by atoms with Gasteiger partial charge in [0, 0.05) is 49.0 Å². The Morgan fingerprint density at radius 3 is 2.91 bits per heavy atom. The molecule has 0 aliphatic carbocycles. The number of carbonyl (C=O) groups excluding carboxylic acids is 1. The van der Waals surface area contributed by atoms with Gasteiger partial charge in [-0.05, 0) is 67.6 Å². The number of nitrogens with zero attached hydrogens (tertiary/aromatic N) is 3. The van der Waals surface area contributed by atoms with Gasteiger partial charge in [-0.2, -0.15) is 0 Å². The third kappa shape index (κ3) is 4.87. The molecular weight excluding hydrogens is 434 g/mol. The van der Waals surface area contributed by atoms with Crippen LogP contribution in [-0.2, 0) is 17.8 Å². The molecule has 7 heteroatoms. The van der Waals surface area contributed by atoms with Gasteiger partial charge in [0.2, 0.25) is 5.91 Å². The van der Waals surface area contributed by atoms with Gasteiger partial charge >= 0.3 is 0 Å². The monoisotopic (exact) mass is 461 g/mol. The van der Waals surface area contributed by atoms with Crippen molar-refractivity contribution in [3.8, 4) is 11.1 Å². The van der Waals surface area contributed by atoms with Gasteiger partial charge in [0.15, 0.2) is 0 Å². The number of aromatic nitrogens is 2. The molecule has 1 atom stereocenters. The Labute approximate surface area is 199 Å². The molecule has 2 aromatic heterocycles. The minimum absolute atomic E-state index is 0.00908. The van der Waals surface area contributed by atoms with E-state index in [9.17, 15) is 4.79 Å². The third-order valence-electron chi connectivity index (χ3n) is 6.51. The summed E-state index contributed by atoms with van der Waals surface area (Å²) in [6.07, 6.45) is 6.51. The fourth-order valence-electron chi connectivity index (χ4n) is 4.62. The van der Waals surface area contributed by atoms with Crippen molar-refractivity contribution in [2.75, 3.05) is 29.9 Å². The summed E-state index contributed by atoms with van der Waals surface area (Å²) in [6.45, 7) is 5.49. The normalized spacial score (nSPS) is 17.6. The van der Waals surface area contributed by atoms with Crippen LogP contribution < -0.4 is 15.5 Å². The van der Waals surface area contributed by atoms with Crippen molar-refractivity contribution in [2.24, 2.45) is 5.92 Å². The van der Waals surface area contributed by atoms with E-state index in [1.807, 2.05) is 19.2 Å². The first-order chi connectivity index (χ1) is 16.1. The number of hydrogen-bond acceptors (Lipinski definition) is 5. The number of fused-ring (bicyclic) bond motifs is 1. The van der Waals surface area contributed by atoms with E-state index >= 15 is 0 Å². The molecule has 2 N–H and O–H groups in total. The van der Waals surface area contributed by atoms with Gasteiger partial charge in [-0.25, -0.2) is 4.98 Å². The lowest BCUT2D eigenvalue weighted by atomic mass is 9.99. The van der Waals surface area contributed by atoms with E-state index in [-0.39, 0.29) is 11.8 Å². The Hall–Kier alpha value is -2.96. The number of amides is 1. The largest absolute Gasteiger partial charge is 0.367 e. The summed E-state index contributed by atoms with van der Waals surface area (Å²) in [6, 6.07) is 12.6. The second-order valence-electron chi connectivity index (χ2n) is 8.90. The Morgan fingerprint density at radius 1 is 1.21 bits per heavy atom. The molecule has 33 heavy (non-hydrogen) atoms. The molecule has 2 aliphatic rings. The van der Waals surface area contributed by atoms with Crippen molar-refractivity contribution < 1.29 is 4.79 Å².